The van der Waals surface area contributed by atoms with Gasteiger partial charge in [0.1, 0.15) is 0 Å². The number of aryl methyl sites for hydroxylation is 1. The first-order valence-corrected chi connectivity index (χ1v) is 13.0. The Hall–Kier alpha value is -3.01. The lowest BCUT2D eigenvalue weighted by atomic mass is 9.94. The van der Waals surface area contributed by atoms with Crippen molar-refractivity contribution in [3.63, 3.8) is 0 Å². The molecule has 0 saturated carbocycles. The molecule has 0 unspecified atom stereocenters. The number of nitrogens with zero attached hydrogens (tertiary/aromatic N) is 2. The molecule has 4 heteroatoms. The largest absolute Gasteiger partial charge is 0.352 e. The molecule has 0 aliphatic heterocycles. The number of carbonyl (C=O) groups excluding carboxylic acids is 1. The molecular weight excluding hydrogens is 430 g/mol. The van der Waals surface area contributed by atoms with Crippen LogP contribution in [0.1, 0.15) is 91.7 Å². The Balaban J connectivity index is 0.00000298. The number of carbonyl (C=O) groups is 1. The SMILES string of the molecule is C/C=C(\C)N=C(C(C)=N/C(C)=C/CC(=O)NCC1=C(CCC)CCC=C1)c1ccc(C)cc1.CC. The van der Waals surface area contributed by atoms with E-state index >= 15 is 0 Å². The molecule has 0 atom stereocenters. The van der Waals surface area contributed by atoms with Gasteiger partial charge in [-0.2, -0.15) is 0 Å². The monoisotopic (exact) mass is 475 g/mol. The number of nitrogens with one attached hydrogen (secondary N) is 1. The van der Waals surface area contributed by atoms with Crippen molar-refractivity contribution in [3.05, 3.63) is 82.2 Å². The van der Waals surface area contributed by atoms with E-state index in [2.05, 4.69) is 55.6 Å². The van der Waals surface area contributed by atoms with Crippen LogP contribution in [0.2, 0.25) is 0 Å². The second kappa shape index (κ2) is 16.6. The van der Waals surface area contributed by atoms with Gasteiger partial charge in [-0.25, -0.2) is 0 Å². The van der Waals surface area contributed by atoms with E-state index < -0.39 is 0 Å². The van der Waals surface area contributed by atoms with E-state index in [1.54, 1.807) is 0 Å². The molecule has 0 radical (unpaired) electrons. The van der Waals surface area contributed by atoms with Gasteiger partial charge in [-0.1, -0.05) is 86.9 Å². The second-order valence-electron chi connectivity index (χ2n) is 8.60. The van der Waals surface area contributed by atoms with Gasteiger partial charge in [0.05, 0.1) is 11.4 Å². The summed E-state index contributed by atoms with van der Waals surface area (Å²) in [6.07, 6.45) is 13.0. The molecule has 190 valence electrons. The summed E-state index contributed by atoms with van der Waals surface area (Å²) >= 11 is 0. The molecule has 0 bridgehead atoms. The molecule has 1 aliphatic carbocycles. The van der Waals surface area contributed by atoms with Crippen molar-refractivity contribution in [1.29, 1.82) is 0 Å². The molecule has 1 aliphatic rings. The van der Waals surface area contributed by atoms with E-state index in [1.807, 2.05) is 53.7 Å². The van der Waals surface area contributed by atoms with Crippen LogP contribution in [-0.2, 0) is 4.79 Å². The third-order valence-corrected chi connectivity index (χ3v) is 5.71. The third kappa shape index (κ3) is 10.9. The predicted octanol–water partition coefficient (Wildman–Crippen LogP) is 8.05. The van der Waals surface area contributed by atoms with Crippen molar-refractivity contribution in [2.24, 2.45) is 9.98 Å². The van der Waals surface area contributed by atoms with Crippen molar-refractivity contribution in [1.82, 2.24) is 5.32 Å². The molecule has 1 aromatic rings. The van der Waals surface area contributed by atoms with Crippen molar-refractivity contribution < 1.29 is 4.79 Å². The number of hydrogen-bond donors (Lipinski definition) is 1. The minimum atomic E-state index is 0.0155. The van der Waals surface area contributed by atoms with E-state index in [0.29, 0.717) is 13.0 Å². The van der Waals surface area contributed by atoms with E-state index in [4.69, 9.17) is 9.98 Å². The second-order valence-corrected chi connectivity index (χ2v) is 8.60. The fourth-order valence-corrected chi connectivity index (χ4v) is 3.71. The Labute approximate surface area is 213 Å². The van der Waals surface area contributed by atoms with Gasteiger partial charge in [-0.05, 0) is 59.5 Å². The van der Waals surface area contributed by atoms with Gasteiger partial charge in [0, 0.05) is 29.9 Å². The van der Waals surface area contributed by atoms with Gasteiger partial charge in [0.25, 0.3) is 0 Å². The molecule has 2 rings (SSSR count). The summed E-state index contributed by atoms with van der Waals surface area (Å²) in [7, 11) is 0. The summed E-state index contributed by atoms with van der Waals surface area (Å²) < 4.78 is 0. The van der Waals surface area contributed by atoms with Crippen LogP contribution < -0.4 is 5.32 Å². The molecule has 1 N–H and O–H groups in total. The molecule has 0 fully saturated rings. The Kier molecular flexibility index (Phi) is 14.2. The summed E-state index contributed by atoms with van der Waals surface area (Å²) in [6, 6.07) is 8.31. The summed E-state index contributed by atoms with van der Waals surface area (Å²) in [4.78, 5) is 21.9. The molecule has 1 amide bonds. The topological polar surface area (TPSA) is 53.8 Å². The van der Waals surface area contributed by atoms with Crippen molar-refractivity contribution in [3.8, 4) is 0 Å². The lowest BCUT2D eigenvalue weighted by Gasteiger charge is -2.16. The maximum Gasteiger partial charge on any atom is 0.224 e. The highest BCUT2D eigenvalue weighted by Gasteiger charge is 2.10. The lowest BCUT2D eigenvalue weighted by molar-refractivity contribution is -0.120. The van der Waals surface area contributed by atoms with E-state index in [0.717, 1.165) is 54.1 Å². The van der Waals surface area contributed by atoms with Gasteiger partial charge in [0.2, 0.25) is 5.91 Å². The molecule has 0 spiro atoms. The van der Waals surface area contributed by atoms with E-state index in [1.165, 1.54) is 16.7 Å². The minimum Gasteiger partial charge on any atom is -0.352 e. The van der Waals surface area contributed by atoms with Crippen LogP contribution in [0, 0.1) is 6.92 Å². The third-order valence-electron chi connectivity index (χ3n) is 5.71. The predicted molar refractivity (Wildman–Crippen MR) is 153 cm³/mol. The Morgan fingerprint density at radius 1 is 1.06 bits per heavy atom. The molecule has 35 heavy (non-hydrogen) atoms. The zero-order valence-corrected chi connectivity index (χ0v) is 23.2. The van der Waals surface area contributed by atoms with Gasteiger partial charge < -0.3 is 5.32 Å². The minimum absolute atomic E-state index is 0.0155. The Morgan fingerprint density at radius 3 is 2.37 bits per heavy atom. The molecule has 4 nitrogen and oxygen atoms in total. The quantitative estimate of drug-likeness (QED) is 0.342. The summed E-state index contributed by atoms with van der Waals surface area (Å²) in [5, 5.41) is 3.06. The maximum atomic E-state index is 12.4. The first-order chi connectivity index (χ1) is 16.8. The average Bonchev–Trinajstić information content (AvgIpc) is 2.87. The smallest absolute Gasteiger partial charge is 0.224 e. The number of amides is 1. The van der Waals surface area contributed by atoms with Crippen molar-refractivity contribution in [2.45, 2.75) is 87.5 Å². The molecule has 0 aromatic heterocycles. The van der Waals surface area contributed by atoms with Crippen molar-refractivity contribution in [2.75, 3.05) is 6.54 Å². The number of aliphatic imine (C=N–C) groups is 2. The van der Waals surface area contributed by atoms with Gasteiger partial charge in [-0.3, -0.25) is 14.8 Å². The molecular formula is C31H45N3O. The summed E-state index contributed by atoms with van der Waals surface area (Å²) in [6.45, 7) is 16.7. The van der Waals surface area contributed by atoms with Gasteiger partial charge in [-0.15, -0.1) is 0 Å². The van der Waals surface area contributed by atoms with Crippen LogP contribution in [0.15, 0.2) is 81.1 Å². The number of hydrogen-bond acceptors (Lipinski definition) is 3. The average molecular weight is 476 g/mol. The highest BCUT2D eigenvalue weighted by atomic mass is 16.1. The number of benzene rings is 1. The number of rotatable bonds is 10. The van der Waals surface area contributed by atoms with Gasteiger partial charge >= 0.3 is 0 Å². The zero-order valence-electron chi connectivity index (χ0n) is 23.2. The van der Waals surface area contributed by atoms with Gasteiger partial charge in [0.15, 0.2) is 0 Å². The van der Waals surface area contributed by atoms with Crippen LogP contribution in [-0.4, -0.2) is 23.9 Å². The first-order valence-electron chi connectivity index (χ1n) is 13.0. The fourth-order valence-electron chi connectivity index (χ4n) is 3.71. The summed E-state index contributed by atoms with van der Waals surface area (Å²) in [5.41, 5.74) is 8.41. The standard InChI is InChI=1S/C29H39N3O.C2H6/c1-7-11-25-12-9-10-13-27(25)20-30-28(33)19-16-23(5)31-24(6)29(32-22(4)8-2)26-17-14-21(3)15-18-26;1-2/h8,10,13-18H,7,9,11-12,19-20H2,1-6H3,(H,30,33);1-2H3/b22-8+,23-16+,31-24?,32-29?;. The fraction of sp³-hybridized carbons (Fsp3) is 0.452. The van der Waals surface area contributed by atoms with E-state index in [-0.39, 0.29) is 5.91 Å². The molecule has 0 heterocycles. The summed E-state index contributed by atoms with van der Waals surface area (Å²) in [5.74, 6) is 0.0155. The zero-order chi connectivity index (χ0) is 26.2. The highest BCUT2D eigenvalue weighted by molar-refractivity contribution is 6.48. The maximum absolute atomic E-state index is 12.4. The Morgan fingerprint density at radius 2 is 1.74 bits per heavy atom. The van der Waals surface area contributed by atoms with Crippen LogP contribution in [0.5, 0.6) is 0 Å². The molecule has 0 saturated heterocycles. The highest BCUT2D eigenvalue weighted by Crippen LogP contribution is 2.22. The lowest BCUT2D eigenvalue weighted by Crippen LogP contribution is -2.25. The van der Waals surface area contributed by atoms with E-state index in [9.17, 15) is 4.79 Å². The van der Waals surface area contributed by atoms with Crippen LogP contribution in [0.3, 0.4) is 0 Å². The molecule has 1 aromatic carbocycles. The first kappa shape index (κ1) is 30.0. The van der Waals surface area contributed by atoms with Crippen LogP contribution >= 0.6 is 0 Å². The normalized spacial score (nSPS) is 15.1. The van der Waals surface area contributed by atoms with Crippen LogP contribution in [0.25, 0.3) is 0 Å². The number of allylic oxidation sites excluding steroid dienone is 5. The Bertz CT molecular complexity index is 1000. The van der Waals surface area contributed by atoms with Crippen molar-refractivity contribution >= 4 is 17.3 Å². The van der Waals surface area contributed by atoms with Crippen LogP contribution in [0.4, 0.5) is 0 Å².